The van der Waals surface area contributed by atoms with Crippen LogP contribution in [0.2, 0.25) is 0 Å². The van der Waals surface area contributed by atoms with Crippen molar-refractivity contribution in [1.29, 1.82) is 0 Å². The maximum Gasteiger partial charge on any atom is 0.302 e. The number of aryl methyl sites for hydroxylation is 1. The maximum absolute atomic E-state index is 11.7. The lowest BCUT2D eigenvalue weighted by Crippen LogP contribution is -2.53. The smallest absolute Gasteiger partial charge is 0.302 e. The second-order valence-electron chi connectivity index (χ2n) is 9.40. The molecule has 6 atom stereocenters. The van der Waals surface area contributed by atoms with Gasteiger partial charge in [-0.25, -0.2) is 0 Å². The molecule has 0 radical (unpaired) electrons. The maximum atomic E-state index is 11.7. The second kappa shape index (κ2) is 4.30. The Balaban J connectivity index is 1.44. The van der Waals surface area contributed by atoms with Gasteiger partial charge in [-0.3, -0.25) is 4.79 Å². The average molecular weight is 354 g/mol. The normalized spacial score (nSPS) is 49.0. The number of benzene rings is 1. The fourth-order valence-corrected chi connectivity index (χ4v) is 7.74. The van der Waals surface area contributed by atoms with Crippen LogP contribution in [0.1, 0.15) is 57.1 Å². The molecule has 0 bridgehead atoms. The lowest BCUT2D eigenvalue weighted by molar-refractivity contribution is -0.157. The van der Waals surface area contributed by atoms with Gasteiger partial charge in [0.15, 0.2) is 0 Å². The zero-order valence-electron chi connectivity index (χ0n) is 15.8. The highest BCUT2D eigenvalue weighted by atomic mass is 16.6. The molecule has 4 fully saturated rings. The molecule has 1 aromatic carbocycles. The lowest BCUT2D eigenvalue weighted by Gasteiger charge is -2.49. The van der Waals surface area contributed by atoms with Crippen molar-refractivity contribution in [3.63, 3.8) is 0 Å². The van der Waals surface area contributed by atoms with Gasteiger partial charge in [0.1, 0.15) is 23.1 Å². The van der Waals surface area contributed by atoms with Crippen LogP contribution in [0.25, 0.3) is 0 Å². The molecule has 5 aliphatic rings. The Morgan fingerprint density at radius 2 is 2.12 bits per heavy atom. The molecular weight excluding hydrogens is 328 g/mol. The molecule has 3 saturated carbocycles. The number of rotatable bonds is 2. The highest BCUT2D eigenvalue weighted by molar-refractivity contribution is 5.66. The predicted octanol–water partition coefficient (Wildman–Crippen LogP) is 3.75. The summed E-state index contributed by atoms with van der Waals surface area (Å²) in [6.45, 7) is 3.92. The molecule has 0 N–H and O–H groups in total. The van der Waals surface area contributed by atoms with E-state index in [-0.39, 0.29) is 34.1 Å². The summed E-state index contributed by atoms with van der Waals surface area (Å²) in [5.41, 5.74) is 2.91. The molecule has 6 rings (SSSR count). The van der Waals surface area contributed by atoms with E-state index in [4.69, 9.17) is 14.2 Å². The van der Waals surface area contributed by atoms with Crippen LogP contribution in [0.15, 0.2) is 18.2 Å². The number of esters is 1. The summed E-state index contributed by atoms with van der Waals surface area (Å²) in [7, 11) is 1.73. The third-order valence-corrected chi connectivity index (χ3v) is 8.81. The number of methoxy groups -OCH3 is 1. The van der Waals surface area contributed by atoms with Crippen LogP contribution >= 0.6 is 0 Å². The van der Waals surface area contributed by atoms with Crippen molar-refractivity contribution in [1.82, 2.24) is 0 Å². The Bertz CT molecular complexity index is 849. The average Bonchev–Trinajstić information content (AvgIpc) is 3.49. The fraction of sp³-hybridized carbons (Fsp3) is 0.682. The van der Waals surface area contributed by atoms with Gasteiger partial charge in [0.2, 0.25) is 0 Å². The topological polar surface area (TPSA) is 48.1 Å². The van der Waals surface area contributed by atoms with Crippen LogP contribution in [0.5, 0.6) is 5.75 Å². The van der Waals surface area contributed by atoms with Crippen LogP contribution in [-0.4, -0.2) is 24.8 Å². The molecule has 138 valence electrons. The highest BCUT2D eigenvalue weighted by Gasteiger charge is 2.93. The number of carbonyl (C=O) groups is 1. The van der Waals surface area contributed by atoms with Crippen molar-refractivity contribution in [2.24, 2.45) is 16.7 Å². The first-order valence-corrected chi connectivity index (χ1v) is 9.97. The van der Waals surface area contributed by atoms with Crippen LogP contribution in [0.4, 0.5) is 0 Å². The largest absolute Gasteiger partial charge is 0.497 e. The molecule has 1 saturated heterocycles. The van der Waals surface area contributed by atoms with Gasteiger partial charge in [0.25, 0.3) is 0 Å². The third-order valence-electron chi connectivity index (χ3n) is 8.81. The Morgan fingerprint density at radius 3 is 2.88 bits per heavy atom. The van der Waals surface area contributed by atoms with Gasteiger partial charge in [0.05, 0.1) is 7.11 Å². The SMILES string of the molecule is COc1ccc2c(c1)CC[C@@]13O[C@@]21CC[C@]1(C)[C@H](OC(C)=O)C[C@@H]2C[C@]231. The van der Waals surface area contributed by atoms with Crippen LogP contribution < -0.4 is 4.74 Å². The summed E-state index contributed by atoms with van der Waals surface area (Å²) in [5, 5.41) is 0. The Labute approximate surface area is 154 Å². The van der Waals surface area contributed by atoms with Crippen molar-refractivity contribution in [2.75, 3.05) is 7.11 Å². The monoisotopic (exact) mass is 354 g/mol. The number of epoxide rings is 1. The zero-order chi connectivity index (χ0) is 17.9. The minimum Gasteiger partial charge on any atom is -0.497 e. The molecule has 4 aliphatic carbocycles. The van der Waals surface area contributed by atoms with E-state index in [0.717, 1.165) is 37.9 Å². The first kappa shape index (κ1) is 15.5. The predicted molar refractivity (Wildman–Crippen MR) is 94.9 cm³/mol. The molecule has 0 unspecified atom stereocenters. The fourth-order valence-electron chi connectivity index (χ4n) is 7.74. The molecule has 1 aromatic rings. The summed E-state index contributed by atoms with van der Waals surface area (Å²) < 4.78 is 18.1. The van der Waals surface area contributed by atoms with Crippen LogP contribution in [0, 0.1) is 16.7 Å². The summed E-state index contributed by atoms with van der Waals surface area (Å²) in [5.74, 6) is 1.45. The zero-order valence-corrected chi connectivity index (χ0v) is 15.8. The Morgan fingerprint density at radius 1 is 1.27 bits per heavy atom. The number of ether oxygens (including phenoxy) is 3. The molecule has 0 amide bonds. The Hall–Kier alpha value is -1.55. The summed E-state index contributed by atoms with van der Waals surface area (Å²) in [6.07, 6.45) is 6.58. The van der Waals surface area contributed by atoms with E-state index in [1.54, 1.807) is 14.0 Å². The van der Waals surface area contributed by atoms with E-state index in [0.29, 0.717) is 5.92 Å². The van der Waals surface area contributed by atoms with Crippen LogP contribution in [-0.2, 0) is 26.3 Å². The third kappa shape index (κ3) is 1.38. The minimum atomic E-state index is -0.139. The van der Waals surface area contributed by atoms with E-state index in [9.17, 15) is 4.79 Å². The van der Waals surface area contributed by atoms with Crippen LogP contribution in [0.3, 0.4) is 0 Å². The van der Waals surface area contributed by atoms with Crippen molar-refractivity contribution in [3.05, 3.63) is 29.3 Å². The summed E-state index contributed by atoms with van der Waals surface area (Å²) in [4.78, 5) is 11.7. The van der Waals surface area contributed by atoms with Gasteiger partial charge in [-0.1, -0.05) is 13.0 Å². The quantitative estimate of drug-likeness (QED) is 0.599. The molecule has 1 spiro atoms. The number of hydrogen-bond acceptors (Lipinski definition) is 4. The molecule has 4 nitrogen and oxygen atoms in total. The van der Waals surface area contributed by atoms with Crippen molar-refractivity contribution < 1.29 is 19.0 Å². The van der Waals surface area contributed by atoms with E-state index < -0.39 is 0 Å². The van der Waals surface area contributed by atoms with E-state index in [2.05, 4.69) is 25.1 Å². The van der Waals surface area contributed by atoms with Gasteiger partial charge in [-0.2, -0.15) is 0 Å². The number of hydrogen-bond donors (Lipinski definition) is 0. The minimum absolute atomic E-state index is 0.0336. The molecule has 26 heavy (non-hydrogen) atoms. The van der Waals surface area contributed by atoms with Gasteiger partial charge in [-0.05, 0) is 67.7 Å². The number of carbonyl (C=O) groups excluding carboxylic acids is 1. The van der Waals surface area contributed by atoms with E-state index >= 15 is 0 Å². The van der Waals surface area contributed by atoms with Gasteiger partial charge in [0, 0.05) is 17.8 Å². The van der Waals surface area contributed by atoms with Gasteiger partial charge < -0.3 is 14.2 Å². The van der Waals surface area contributed by atoms with Crippen molar-refractivity contribution >= 4 is 5.97 Å². The number of fused-ring (bicyclic) bond motifs is 1. The Kier molecular flexibility index (Phi) is 2.56. The van der Waals surface area contributed by atoms with E-state index in [1.165, 1.54) is 17.5 Å². The highest BCUT2D eigenvalue weighted by Crippen LogP contribution is 2.90. The van der Waals surface area contributed by atoms with E-state index in [1.807, 2.05) is 0 Å². The van der Waals surface area contributed by atoms with Crippen molar-refractivity contribution in [3.8, 4) is 5.75 Å². The van der Waals surface area contributed by atoms with Gasteiger partial charge in [-0.15, -0.1) is 0 Å². The lowest BCUT2D eigenvalue weighted by atomic mass is 9.52. The molecule has 1 heterocycles. The first-order chi connectivity index (χ1) is 12.4. The van der Waals surface area contributed by atoms with Crippen molar-refractivity contribution in [2.45, 2.75) is 69.7 Å². The first-order valence-electron chi connectivity index (χ1n) is 9.97. The summed E-state index contributed by atoms with van der Waals surface area (Å²) in [6, 6.07) is 6.52. The molecule has 1 aliphatic heterocycles. The molecule has 4 heteroatoms. The molecule has 0 aromatic heterocycles. The van der Waals surface area contributed by atoms with Gasteiger partial charge >= 0.3 is 5.97 Å². The summed E-state index contributed by atoms with van der Waals surface area (Å²) >= 11 is 0. The molecular formula is C22H26O4. The standard InChI is InChI=1S/C22H26O4/c1-13(23)25-18-11-15-12-20(15)19(18,2)8-9-21-17-5-4-16(24-3)10-14(17)6-7-22(20,21)26-21/h4-5,10,15,18H,6-9,11-12H2,1-3H3/t15-,18-,19-,20-,21+,22+/m1/s1. The second-order valence-corrected chi connectivity index (χ2v) is 9.40.